The van der Waals surface area contributed by atoms with Crippen molar-refractivity contribution in [3.63, 3.8) is 0 Å². The molecule has 1 aliphatic carbocycles. The van der Waals surface area contributed by atoms with Crippen molar-refractivity contribution in [1.82, 2.24) is 29.7 Å². The fraction of sp³-hybridized carbons (Fsp3) is 0.462. The molecule has 4 heterocycles. The van der Waals surface area contributed by atoms with Crippen molar-refractivity contribution in [3.8, 4) is 6.07 Å². The van der Waals surface area contributed by atoms with E-state index in [-0.39, 0.29) is 5.41 Å². The lowest BCUT2D eigenvalue weighted by molar-refractivity contribution is 0.143. The van der Waals surface area contributed by atoms with E-state index in [0.717, 1.165) is 73.5 Å². The van der Waals surface area contributed by atoms with E-state index >= 15 is 0 Å². The topological polar surface area (TPSA) is 85.9 Å². The zero-order valence-corrected chi connectivity index (χ0v) is 18.8. The van der Waals surface area contributed by atoms with Crippen LogP contribution in [0.5, 0.6) is 0 Å². The molecule has 33 heavy (non-hydrogen) atoms. The smallest absolute Gasteiger partial charge is 0.141 e. The predicted molar refractivity (Wildman–Crippen MR) is 127 cm³/mol. The van der Waals surface area contributed by atoms with Crippen molar-refractivity contribution in [1.29, 1.82) is 5.26 Å². The molecule has 0 unspecified atom stereocenters. The molecule has 0 amide bonds. The fourth-order valence-corrected chi connectivity index (χ4v) is 6.02. The molecule has 2 aliphatic rings. The third-order valence-electron chi connectivity index (χ3n) is 8.00. The average Bonchev–Trinajstić information content (AvgIpc) is 3.53. The first kappa shape index (κ1) is 20.4. The molecule has 0 bridgehead atoms. The molecule has 1 aromatic carbocycles. The van der Waals surface area contributed by atoms with Crippen LogP contribution in [0.2, 0.25) is 0 Å². The van der Waals surface area contributed by atoms with Crippen LogP contribution in [-0.2, 0) is 5.41 Å². The Bertz CT molecular complexity index is 1280. The third kappa shape index (κ3) is 3.59. The van der Waals surface area contributed by atoms with Gasteiger partial charge in [-0.2, -0.15) is 5.26 Å². The Balaban J connectivity index is 1.08. The number of piperidine rings is 1. The maximum atomic E-state index is 9.96. The minimum absolute atomic E-state index is 0.316. The monoisotopic (exact) mass is 439 g/mol. The summed E-state index contributed by atoms with van der Waals surface area (Å²) in [6, 6.07) is 15.1. The van der Waals surface area contributed by atoms with Crippen LogP contribution >= 0.6 is 0 Å². The van der Waals surface area contributed by atoms with E-state index in [0.29, 0.717) is 5.92 Å². The summed E-state index contributed by atoms with van der Waals surface area (Å²) in [7, 11) is 0. The molecule has 6 rings (SSSR count). The zero-order valence-electron chi connectivity index (χ0n) is 18.8. The minimum atomic E-state index is -0.316. The molecule has 3 aromatic heterocycles. The van der Waals surface area contributed by atoms with Gasteiger partial charge in [-0.15, -0.1) is 5.10 Å². The molecule has 0 spiro atoms. The van der Waals surface area contributed by atoms with Crippen molar-refractivity contribution in [2.24, 2.45) is 5.92 Å². The van der Waals surface area contributed by atoms with Crippen LogP contribution < -0.4 is 0 Å². The van der Waals surface area contributed by atoms with E-state index in [1.807, 2.05) is 16.8 Å². The Labute approximate surface area is 193 Å². The molecular formula is C26H29N7. The molecule has 2 fully saturated rings. The number of fused-ring (bicyclic) bond motifs is 3. The summed E-state index contributed by atoms with van der Waals surface area (Å²) in [5.41, 5.74) is 3.99. The number of rotatable bonds is 4. The van der Waals surface area contributed by atoms with Gasteiger partial charge in [-0.1, -0.05) is 35.5 Å². The number of likely N-dealkylation sites (tertiary alicyclic amines) is 1. The van der Waals surface area contributed by atoms with E-state index in [2.05, 4.69) is 61.6 Å². The Morgan fingerprint density at radius 2 is 1.85 bits per heavy atom. The van der Waals surface area contributed by atoms with Crippen LogP contribution in [0.25, 0.3) is 16.6 Å². The minimum Gasteiger partial charge on any atom is -0.346 e. The van der Waals surface area contributed by atoms with Crippen LogP contribution in [-0.4, -0.2) is 49.3 Å². The first-order valence-corrected chi connectivity index (χ1v) is 12.1. The quantitative estimate of drug-likeness (QED) is 0.508. The summed E-state index contributed by atoms with van der Waals surface area (Å²) in [5, 5.41) is 20.0. The van der Waals surface area contributed by atoms with Crippen molar-refractivity contribution in [2.45, 2.75) is 49.9 Å². The number of hydrogen-bond acceptors (Lipinski definition) is 5. The molecular weight excluding hydrogens is 410 g/mol. The highest BCUT2D eigenvalue weighted by Gasteiger charge is 2.37. The Hall–Kier alpha value is -3.24. The van der Waals surface area contributed by atoms with Gasteiger partial charge in [-0.05, 0) is 69.2 Å². The fourth-order valence-electron chi connectivity index (χ4n) is 6.02. The number of H-pyrrole nitrogens is 1. The second-order valence-corrected chi connectivity index (χ2v) is 9.83. The summed E-state index contributed by atoms with van der Waals surface area (Å²) >= 11 is 0. The van der Waals surface area contributed by atoms with Crippen molar-refractivity contribution < 1.29 is 0 Å². The number of nitrogens with one attached hydrogen (secondary N) is 1. The Kier molecular flexibility index (Phi) is 5.11. The number of hydrogen-bond donors (Lipinski definition) is 1. The molecule has 1 saturated carbocycles. The van der Waals surface area contributed by atoms with E-state index < -0.39 is 0 Å². The van der Waals surface area contributed by atoms with Gasteiger partial charge in [0.15, 0.2) is 0 Å². The lowest BCUT2D eigenvalue weighted by Gasteiger charge is -2.40. The van der Waals surface area contributed by atoms with Gasteiger partial charge in [0.1, 0.15) is 17.5 Å². The lowest BCUT2D eigenvalue weighted by atomic mass is 9.73. The number of aromatic nitrogens is 5. The summed E-state index contributed by atoms with van der Waals surface area (Å²) in [4.78, 5) is 10.2. The Morgan fingerprint density at radius 3 is 2.61 bits per heavy atom. The number of benzene rings is 1. The van der Waals surface area contributed by atoms with Gasteiger partial charge >= 0.3 is 0 Å². The van der Waals surface area contributed by atoms with E-state index in [9.17, 15) is 5.26 Å². The van der Waals surface area contributed by atoms with Gasteiger partial charge in [0, 0.05) is 24.0 Å². The third-order valence-corrected chi connectivity index (χ3v) is 8.00. The van der Waals surface area contributed by atoms with Crippen molar-refractivity contribution in [3.05, 3.63) is 60.2 Å². The normalized spacial score (nSPS) is 23.6. The van der Waals surface area contributed by atoms with Gasteiger partial charge in [0.05, 0.1) is 17.2 Å². The maximum Gasteiger partial charge on any atom is 0.141 e. The number of aromatic amines is 1. The molecule has 168 valence electrons. The Morgan fingerprint density at radius 1 is 1.06 bits per heavy atom. The largest absolute Gasteiger partial charge is 0.346 e. The second-order valence-electron chi connectivity index (χ2n) is 9.83. The number of nitrogens with zero attached hydrogens (tertiary/aromatic N) is 6. The van der Waals surface area contributed by atoms with E-state index in [4.69, 9.17) is 0 Å². The average molecular weight is 440 g/mol. The molecule has 1 aliphatic heterocycles. The molecule has 0 radical (unpaired) electrons. The molecule has 7 nitrogen and oxygen atoms in total. The van der Waals surface area contributed by atoms with Crippen LogP contribution in [0, 0.1) is 17.2 Å². The van der Waals surface area contributed by atoms with Gasteiger partial charge in [-0.3, -0.25) is 0 Å². The zero-order chi connectivity index (χ0) is 22.3. The van der Waals surface area contributed by atoms with Gasteiger partial charge < -0.3 is 9.88 Å². The van der Waals surface area contributed by atoms with Crippen LogP contribution in [0.4, 0.5) is 0 Å². The van der Waals surface area contributed by atoms with Crippen LogP contribution in [0.1, 0.15) is 55.7 Å². The van der Waals surface area contributed by atoms with Gasteiger partial charge in [0.2, 0.25) is 0 Å². The summed E-state index contributed by atoms with van der Waals surface area (Å²) < 4.78 is 1.82. The molecule has 4 aromatic rings. The van der Waals surface area contributed by atoms with Gasteiger partial charge in [0.25, 0.3) is 0 Å². The standard InChI is InChI=1S/C26H29N7/c27-17-26(21-4-2-1-3-5-21)11-14-32(15-12-26)16-19-6-8-20(9-7-19)23-24-22-10-13-28-25(22)29-18-33(24)31-30-23/h1-5,10,13,18-20,28H,6-9,11-12,14-16H2. The summed E-state index contributed by atoms with van der Waals surface area (Å²) in [5.74, 6) is 1.19. The lowest BCUT2D eigenvalue weighted by Crippen LogP contribution is -2.44. The highest BCUT2D eigenvalue weighted by Crippen LogP contribution is 2.39. The predicted octanol–water partition coefficient (Wildman–Crippen LogP) is 4.44. The second kappa shape index (κ2) is 8.27. The number of nitriles is 1. The molecule has 1 saturated heterocycles. The molecule has 0 atom stereocenters. The van der Waals surface area contributed by atoms with Gasteiger partial charge in [-0.25, -0.2) is 9.50 Å². The highest BCUT2D eigenvalue weighted by molar-refractivity contribution is 5.92. The van der Waals surface area contributed by atoms with Crippen LogP contribution in [0.3, 0.4) is 0 Å². The molecule has 1 N–H and O–H groups in total. The summed E-state index contributed by atoms with van der Waals surface area (Å²) in [6.45, 7) is 3.17. The van der Waals surface area contributed by atoms with Crippen molar-refractivity contribution >= 4 is 16.6 Å². The van der Waals surface area contributed by atoms with E-state index in [1.165, 1.54) is 18.4 Å². The maximum absolute atomic E-state index is 9.96. The first-order valence-electron chi connectivity index (χ1n) is 12.1. The summed E-state index contributed by atoms with van der Waals surface area (Å²) in [6.07, 6.45) is 10.3. The first-order chi connectivity index (χ1) is 16.3. The van der Waals surface area contributed by atoms with Crippen molar-refractivity contribution in [2.75, 3.05) is 19.6 Å². The highest BCUT2D eigenvalue weighted by atomic mass is 15.4. The van der Waals surface area contributed by atoms with Crippen LogP contribution in [0.15, 0.2) is 48.9 Å². The SMILES string of the molecule is N#CC1(c2ccccc2)CCN(CC2CCC(c3nnn4cnc5[nH]ccc5c34)CC2)CC1. The molecule has 7 heteroatoms. The van der Waals surface area contributed by atoms with E-state index in [1.54, 1.807) is 6.33 Å².